The maximum Gasteiger partial charge on any atom is 0.212 e. The highest BCUT2D eigenvalue weighted by atomic mass is 19.1. The van der Waals surface area contributed by atoms with Crippen LogP contribution in [0.3, 0.4) is 0 Å². The summed E-state index contributed by atoms with van der Waals surface area (Å²) in [5, 5.41) is 0. The fraction of sp³-hybridized carbons (Fsp3) is 0.227. The van der Waals surface area contributed by atoms with Gasteiger partial charge < -0.3 is 9.30 Å². The van der Waals surface area contributed by atoms with Crippen molar-refractivity contribution in [1.82, 2.24) is 4.57 Å². The first kappa shape index (κ1) is 15.5. The molecular formula is C22H18FNO2. The number of carbonyl (C=O) groups excluding carboxylic acids is 1. The van der Waals surface area contributed by atoms with Crippen molar-refractivity contribution < 1.29 is 13.9 Å². The molecule has 3 nitrogen and oxygen atoms in total. The number of aromatic nitrogens is 1. The van der Waals surface area contributed by atoms with Crippen molar-refractivity contribution in [1.29, 1.82) is 0 Å². The zero-order chi connectivity index (χ0) is 17.9. The number of benzene rings is 2. The van der Waals surface area contributed by atoms with Crippen molar-refractivity contribution in [3.8, 4) is 16.8 Å². The van der Waals surface area contributed by atoms with Crippen LogP contribution in [0.25, 0.3) is 16.8 Å². The predicted octanol–water partition coefficient (Wildman–Crippen LogP) is 4.85. The van der Waals surface area contributed by atoms with E-state index in [2.05, 4.69) is 6.92 Å². The molecule has 0 amide bonds. The molecule has 130 valence electrons. The average Bonchev–Trinajstić information content (AvgIpc) is 3.32. The number of hydrogen-bond acceptors (Lipinski definition) is 2. The number of ether oxygens (including phenoxy) is 1. The molecule has 0 bridgehead atoms. The lowest BCUT2D eigenvalue weighted by Crippen LogP contribution is -2.20. The third-order valence-corrected chi connectivity index (χ3v) is 5.55. The van der Waals surface area contributed by atoms with Gasteiger partial charge in [0.1, 0.15) is 11.5 Å². The minimum atomic E-state index is -0.434. The Kier molecular flexibility index (Phi) is 3.22. The Morgan fingerprint density at radius 3 is 2.62 bits per heavy atom. The lowest BCUT2D eigenvalue weighted by Gasteiger charge is -2.24. The first-order valence-electron chi connectivity index (χ1n) is 8.88. The fourth-order valence-corrected chi connectivity index (χ4v) is 4.22. The molecular weight excluding hydrogens is 329 g/mol. The van der Waals surface area contributed by atoms with Crippen LogP contribution in [0.4, 0.5) is 4.39 Å². The fourth-order valence-electron chi connectivity index (χ4n) is 4.22. The molecule has 1 aromatic heterocycles. The highest BCUT2D eigenvalue weighted by Gasteiger charge is 2.40. The van der Waals surface area contributed by atoms with Gasteiger partial charge in [-0.1, -0.05) is 24.3 Å². The van der Waals surface area contributed by atoms with Crippen LogP contribution in [-0.2, 0) is 10.3 Å². The van der Waals surface area contributed by atoms with Crippen LogP contribution >= 0.6 is 0 Å². The SMILES string of the molecule is CC1(c2cn3c(c2-c2ccc(F)cc2)C(=O)c2ccccc2-3)CCCO1. The minimum Gasteiger partial charge on any atom is -0.371 e. The Hall–Kier alpha value is -2.72. The topological polar surface area (TPSA) is 31.2 Å². The van der Waals surface area contributed by atoms with Crippen LogP contribution in [0.2, 0.25) is 0 Å². The normalized spacial score (nSPS) is 21.1. The molecule has 1 fully saturated rings. The van der Waals surface area contributed by atoms with Gasteiger partial charge in [0.2, 0.25) is 5.78 Å². The van der Waals surface area contributed by atoms with Gasteiger partial charge in [0.15, 0.2) is 0 Å². The summed E-state index contributed by atoms with van der Waals surface area (Å²) in [4.78, 5) is 13.1. The third kappa shape index (κ3) is 2.05. The summed E-state index contributed by atoms with van der Waals surface area (Å²) < 4.78 is 21.5. The molecule has 1 unspecified atom stereocenters. The van der Waals surface area contributed by atoms with Crippen LogP contribution < -0.4 is 0 Å². The number of halogens is 1. The lowest BCUT2D eigenvalue weighted by molar-refractivity contribution is 0.0173. The zero-order valence-corrected chi connectivity index (χ0v) is 14.5. The van der Waals surface area contributed by atoms with Crippen LogP contribution in [0.1, 0.15) is 41.4 Å². The second-order valence-corrected chi connectivity index (χ2v) is 7.17. The van der Waals surface area contributed by atoms with Gasteiger partial charge in [-0.05, 0) is 49.6 Å². The van der Waals surface area contributed by atoms with Crippen molar-refractivity contribution in [3.05, 3.63) is 77.4 Å². The molecule has 26 heavy (non-hydrogen) atoms. The maximum absolute atomic E-state index is 13.5. The van der Waals surface area contributed by atoms with Gasteiger partial charge in [-0.2, -0.15) is 0 Å². The van der Waals surface area contributed by atoms with E-state index in [0.717, 1.165) is 35.2 Å². The summed E-state index contributed by atoms with van der Waals surface area (Å²) in [6.45, 7) is 2.79. The third-order valence-electron chi connectivity index (χ3n) is 5.55. The van der Waals surface area contributed by atoms with Crippen LogP contribution in [0.15, 0.2) is 54.7 Å². The van der Waals surface area contributed by atoms with Gasteiger partial charge in [-0.15, -0.1) is 0 Å². The zero-order valence-electron chi connectivity index (χ0n) is 14.5. The molecule has 1 saturated heterocycles. The van der Waals surface area contributed by atoms with Crippen molar-refractivity contribution in [2.24, 2.45) is 0 Å². The Bertz CT molecular complexity index is 1030. The monoisotopic (exact) mass is 347 g/mol. The summed E-state index contributed by atoms with van der Waals surface area (Å²) in [6, 6.07) is 14.0. The largest absolute Gasteiger partial charge is 0.371 e. The molecule has 1 atom stereocenters. The van der Waals surface area contributed by atoms with E-state index in [1.807, 2.05) is 35.0 Å². The molecule has 2 aliphatic rings. The smallest absolute Gasteiger partial charge is 0.212 e. The van der Waals surface area contributed by atoms with E-state index < -0.39 is 5.60 Å². The standard InChI is InChI=1S/C22H18FNO2/c1-22(11-4-12-26-22)17-13-24-18-6-3-2-5-16(18)21(25)20(24)19(17)14-7-9-15(23)10-8-14/h2-3,5-10,13H,4,11-12H2,1H3. The molecule has 0 radical (unpaired) electrons. The van der Waals surface area contributed by atoms with Gasteiger partial charge >= 0.3 is 0 Å². The molecule has 3 heterocycles. The van der Waals surface area contributed by atoms with Gasteiger partial charge in [-0.25, -0.2) is 4.39 Å². The minimum absolute atomic E-state index is 0.00720. The Balaban J connectivity index is 1.81. The molecule has 0 saturated carbocycles. The first-order valence-corrected chi connectivity index (χ1v) is 8.88. The maximum atomic E-state index is 13.5. The van der Waals surface area contributed by atoms with Crippen molar-refractivity contribution in [3.63, 3.8) is 0 Å². The van der Waals surface area contributed by atoms with Crippen molar-refractivity contribution >= 4 is 5.78 Å². The van der Waals surface area contributed by atoms with Crippen LogP contribution in [0, 0.1) is 5.82 Å². The van der Waals surface area contributed by atoms with E-state index in [9.17, 15) is 9.18 Å². The number of para-hydroxylation sites is 1. The Morgan fingerprint density at radius 2 is 1.88 bits per heavy atom. The highest BCUT2D eigenvalue weighted by Crippen LogP contribution is 2.46. The second kappa shape index (κ2) is 5.39. The first-order chi connectivity index (χ1) is 12.6. The van der Waals surface area contributed by atoms with Crippen LogP contribution in [-0.4, -0.2) is 17.0 Å². The highest BCUT2D eigenvalue weighted by molar-refractivity contribution is 6.17. The number of nitrogens with zero attached hydrogens (tertiary/aromatic N) is 1. The summed E-state index contributed by atoms with van der Waals surface area (Å²) >= 11 is 0. The number of carbonyl (C=O) groups is 1. The summed E-state index contributed by atoms with van der Waals surface area (Å²) in [7, 11) is 0. The average molecular weight is 347 g/mol. The molecule has 5 rings (SSSR count). The van der Waals surface area contributed by atoms with Gasteiger partial charge in [0.25, 0.3) is 0 Å². The number of hydrogen-bond donors (Lipinski definition) is 0. The number of rotatable bonds is 2. The number of fused-ring (bicyclic) bond motifs is 3. The van der Waals surface area contributed by atoms with Crippen molar-refractivity contribution in [2.75, 3.05) is 6.61 Å². The molecule has 0 N–H and O–H groups in total. The molecule has 3 aromatic rings. The van der Waals surface area contributed by atoms with E-state index in [-0.39, 0.29) is 11.6 Å². The van der Waals surface area contributed by atoms with Crippen LogP contribution in [0.5, 0.6) is 0 Å². The van der Waals surface area contributed by atoms with Gasteiger partial charge in [-0.3, -0.25) is 4.79 Å². The molecule has 0 aliphatic carbocycles. The van der Waals surface area contributed by atoms with Gasteiger partial charge in [0, 0.05) is 29.5 Å². The molecule has 2 aromatic carbocycles. The van der Waals surface area contributed by atoms with E-state index in [1.165, 1.54) is 12.1 Å². The van der Waals surface area contributed by atoms with E-state index in [0.29, 0.717) is 17.9 Å². The number of ketones is 1. The second-order valence-electron chi connectivity index (χ2n) is 7.17. The van der Waals surface area contributed by atoms with E-state index in [4.69, 9.17) is 4.74 Å². The van der Waals surface area contributed by atoms with Crippen molar-refractivity contribution in [2.45, 2.75) is 25.4 Å². The summed E-state index contributed by atoms with van der Waals surface area (Å²) in [5.74, 6) is -0.281. The molecule has 0 spiro atoms. The van der Waals surface area contributed by atoms with Gasteiger partial charge in [0.05, 0.1) is 11.3 Å². The predicted molar refractivity (Wildman–Crippen MR) is 97.1 cm³/mol. The Labute approximate surface area is 151 Å². The summed E-state index contributed by atoms with van der Waals surface area (Å²) in [5.41, 5.74) is 4.50. The molecule has 2 aliphatic heterocycles. The quantitative estimate of drug-likeness (QED) is 0.519. The Morgan fingerprint density at radius 1 is 1.12 bits per heavy atom. The lowest BCUT2D eigenvalue weighted by atomic mass is 9.87. The molecule has 4 heteroatoms. The van der Waals surface area contributed by atoms with E-state index >= 15 is 0 Å². The van der Waals surface area contributed by atoms with E-state index in [1.54, 1.807) is 12.1 Å². The summed E-state index contributed by atoms with van der Waals surface area (Å²) in [6.07, 6.45) is 3.92.